The number of benzene rings is 1. The molecular weight excluding hydrogens is 370 g/mol. The summed E-state index contributed by atoms with van der Waals surface area (Å²) in [6.45, 7) is 6.41. The first-order valence-corrected chi connectivity index (χ1v) is 10.5. The van der Waals surface area contributed by atoms with Gasteiger partial charge in [-0.1, -0.05) is 29.5 Å². The highest BCUT2D eigenvalue weighted by atomic mass is 32.2. The Balaban J connectivity index is 1.79. The number of anilines is 1. The molecule has 0 unspecified atom stereocenters. The summed E-state index contributed by atoms with van der Waals surface area (Å²) in [4.78, 5) is 23.9. The normalized spacial score (nSPS) is 10.9. The molecule has 146 valence electrons. The molecule has 2 aromatic heterocycles. The fraction of sp³-hybridized carbons (Fsp3) is 0.318. The lowest BCUT2D eigenvalue weighted by molar-refractivity contribution is -0.118. The number of amides is 1. The number of hydrogen-bond donors (Lipinski definition) is 0. The monoisotopic (exact) mass is 395 g/mol. The molecular formula is C22H25N3O2S. The van der Waals surface area contributed by atoms with Crippen LogP contribution in [0.1, 0.15) is 34.7 Å². The largest absolute Gasteiger partial charge is 0.467 e. The van der Waals surface area contributed by atoms with Crippen LogP contribution in [0.3, 0.4) is 0 Å². The Morgan fingerprint density at radius 3 is 2.32 bits per heavy atom. The first kappa shape index (κ1) is 20.1. The van der Waals surface area contributed by atoms with Crippen LogP contribution in [0, 0.1) is 20.8 Å². The van der Waals surface area contributed by atoms with Crippen molar-refractivity contribution in [3.63, 3.8) is 0 Å². The van der Waals surface area contributed by atoms with Crippen LogP contribution in [0.15, 0.2) is 52.2 Å². The minimum absolute atomic E-state index is 0.0491. The molecule has 0 spiro atoms. The summed E-state index contributed by atoms with van der Waals surface area (Å²) in [6, 6.07) is 11.7. The summed E-state index contributed by atoms with van der Waals surface area (Å²) < 4.78 is 5.47. The van der Waals surface area contributed by atoms with Crippen molar-refractivity contribution < 1.29 is 9.21 Å². The van der Waals surface area contributed by atoms with E-state index in [1.165, 1.54) is 11.8 Å². The summed E-state index contributed by atoms with van der Waals surface area (Å²) >= 11 is 1.53. The average molecular weight is 396 g/mol. The predicted molar refractivity (Wildman–Crippen MR) is 113 cm³/mol. The maximum atomic E-state index is 13.1. The van der Waals surface area contributed by atoms with E-state index in [9.17, 15) is 4.79 Å². The molecule has 0 atom stereocenters. The molecule has 0 N–H and O–H groups in total. The molecule has 3 aromatic rings. The predicted octanol–water partition coefficient (Wildman–Crippen LogP) is 4.88. The van der Waals surface area contributed by atoms with Gasteiger partial charge in [0.25, 0.3) is 0 Å². The van der Waals surface area contributed by atoms with Gasteiger partial charge >= 0.3 is 0 Å². The van der Waals surface area contributed by atoms with E-state index in [0.29, 0.717) is 19.4 Å². The zero-order chi connectivity index (χ0) is 20.1. The van der Waals surface area contributed by atoms with Crippen molar-refractivity contribution in [2.24, 2.45) is 0 Å². The van der Waals surface area contributed by atoms with Crippen molar-refractivity contribution >= 4 is 23.4 Å². The van der Waals surface area contributed by atoms with E-state index in [4.69, 9.17) is 4.42 Å². The van der Waals surface area contributed by atoms with Crippen molar-refractivity contribution in [2.75, 3.05) is 11.2 Å². The summed E-state index contributed by atoms with van der Waals surface area (Å²) in [5.41, 5.74) is 4.96. The number of nitrogens with zero attached hydrogens (tertiary/aromatic N) is 3. The van der Waals surface area contributed by atoms with Crippen LogP contribution in [0.25, 0.3) is 0 Å². The molecule has 0 saturated carbocycles. The van der Waals surface area contributed by atoms with Gasteiger partial charge in [0, 0.05) is 23.5 Å². The van der Waals surface area contributed by atoms with Gasteiger partial charge in [0.1, 0.15) is 5.76 Å². The lowest BCUT2D eigenvalue weighted by atomic mass is 10.1. The lowest BCUT2D eigenvalue weighted by Crippen LogP contribution is -2.30. The van der Waals surface area contributed by atoms with Crippen molar-refractivity contribution in [2.45, 2.75) is 45.3 Å². The molecule has 0 aliphatic heterocycles. The fourth-order valence-corrected chi connectivity index (χ4v) is 3.59. The summed E-state index contributed by atoms with van der Waals surface area (Å²) in [7, 11) is 0. The van der Waals surface area contributed by atoms with Crippen LogP contribution in [0.4, 0.5) is 5.69 Å². The maximum Gasteiger partial charge on any atom is 0.227 e. The first-order valence-electron chi connectivity index (χ1n) is 9.25. The van der Waals surface area contributed by atoms with Crippen molar-refractivity contribution in [1.29, 1.82) is 0 Å². The third-order valence-corrected chi connectivity index (χ3v) is 5.26. The molecule has 3 rings (SSSR count). The number of thioether (sulfide) groups is 1. The van der Waals surface area contributed by atoms with E-state index in [-0.39, 0.29) is 5.91 Å². The van der Waals surface area contributed by atoms with Gasteiger partial charge in [-0.05, 0) is 63.3 Å². The van der Waals surface area contributed by atoms with E-state index in [1.54, 1.807) is 11.2 Å². The number of carbonyl (C=O) groups excluding carboxylic acids is 1. The number of aryl methyl sites for hydroxylation is 3. The van der Waals surface area contributed by atoms with Crippen molar-refractivity contribution in [3.8, 4) is 0 Å². The second kappa shape index (κ2) is 9.06. The number of aromatic nitrogens is 2. The molecule has 0 radical (unpaired) electrons. The highest BCUT2D eigenvalue weighted by Gasteiger charge is 2.19. The van der Waals surface area contributed by atoms with E-state index in [1.807, 2.05) is 63.4 Å². The smallest absolute Gasteiger partial charge is 0.227 e. The Kier molecular flexibility index (Phi) is 6.52. The van der Waals surface area contributed by atoms with Gasteiger partial charge < -0.3 is 9.32 Å². The summed E-state index contributed by atoms with van der Waals surface area (Å²) in [5, 5.41) is 0.768. The van der Waals surface area contributed by atoms with Crippen LogP contribution in [0.5, 0.6) is 0 Å². The Morgan fingerprint density at radius 2 is 1.75 bits per heavy atom. The lowest BCUT2D eigenvalue weighted by Gasteiger charge is -2.22. The molecule has 6 heteroatoms. The number of rotatable bonds is 7. The van der Waals surface area contributed by atoms with Crippen LogP contribution < -0.4 is 4.90 Å². The topological polar surface area (TPSA) is 59.2 Å². The maximum absolute atomic E-state index is 13.1. The number of carbonyl (C=O) groups is 1. The molecule has 28 heavy (non-hydrogen) atoms. The molecule has 0 aliphatic carbocycles. The summed E-state index contributed by atoms with van der Waals surface area (Å²) in [6.07, 6.45) is 4.60. The van der Waals surface area contributed by atoms with Crippen LogP contribution in [-0.2, 0) is 17.8 Å². The van der Waals surface area contributed by atoms with Gasteiger partial charge in [0.05, 0.1) is 12.8 Å². The third-order valence-electron chi connectivity index (χ3n) is 4.71. The molecule has 5 nitrogen and oxygen atoms in total. The van der Waals surface area contributed by atoms with Gasteiger partial charge in [0.2, 0.25) is 5.91 Å². The highest BCUT2D eigenvalue weighted by molar-refractivity contribution is 7.98. The second-order valence-corrected chi connectivity index (χ2v) is 7.53. The minimum atomic E-state index is 0.0491. The van der Waals surface area contributed by atoms with Crippen LogP contribution >= 0.6 is 11.8 Å². The number of hydrogen-bond acceptors (Lipinski definition) is 5. The molecule has 0 aliphatic rings. The zero-order valence-electron chi connectivity index (χ0n) is 16.7. The molecule has 1 aromatic carbocycles. The van der Waals surface area contributed by atoms with Crippen LogP contribution in [0.2, 0.25) is 0 Å². The Hall–Kier alpha value is -2.60. The van der Waals surface area contributed by atoms with E-state index < -0.39 is 0 Å². The van der Waals surface area contributed by atoms with Gasteiger partial charge in [-0.2, -0.15) is 0 Å². The van der Waals surface area contributed by atoms with Gasteiger partial charge in [0.15, 0.2) is 5.16 Å². The van der Waals surface area contributed by atoms with Gasteiger partial charge in [-0.25, -0.2) is 9.97 Å². The Labute approximate surface area is 170 Å². The number of furan rings is 1. The van der Waals surface area contributed by atoms with Gasteiger partial charge in [-0.15, -0.1) is 0 Å². The third kappa shape index (κ3) is 4.81. The highest BCUT2D eigenvalue weighted by Crippen LogP contribution is 2.22. The quantitative estimate of drug-likeness (QED) is 0.421. The fourth-order valence-electron chi connectivity index (χ4n) is 3.14. The second-order valence-electron chi connectivity index (χ2n) is 6.75. The summed E-state index contributed by atoms with van der Waals surface area (Å²) in [5.74, 6) is 0.807. The van der Waals surface area contributed by atoms with E-state index >= 15 is 0 Å². The van der Waals surface area contributed by atoms with E-state index in [0.717, 1.165) is 39.1 Å². The van der Waals surface area contributed by atoms with Gasteiger partial charge in [-0.3, -0.25) is 4.79 Å². The molecule has 2 heterocycles. The molecule has 1 amide bonds. The standard InChI is InChI=1S/C22H25N3O2S/c1-15-7-9-18(10-8-15)25(14-19-6-5-13-27-19)21(26)12-11-20-16(2)23-22(28-4)24-17(20)3/h5-10,13H,11-12,14H2,1-4H3. The zero-order valence-corrected chi connectivity index (χ0v) is 17.5. The molecule has 0 fully saturated rings. The van der Waals surface area contributed by atoms with E-state index in [2.05, 4.69) is 9.97 Å². The minimum Gasteiger partial charge on any atom is -0.467 e. The Morgan fingerprint density at radius 1 is 1.07 bits per heavy atom. The Bertz CT molecular complexity index is 914. The van der Waals surface area contributed by atoms with Crippen LogP contribution in [-0.4, -0.2) is 22.1 Å². The molecule has 0 saturated heterocycles. The SMILES string of the molecule is CSc1nc(C)c(CCC(=O)N(Cc2ccco2)c2ccc(C)cc2)c(C)n1. The van der Waals surface area contributed by atoms with Crippen molar-refractivity contribution in [1.82, 2.24) is 9.97 Å². The average Bonchev–Trinajstić information content (AvgIpc) is 3.19. The van der Waals surface area contributed by atoms with Crippen molar-refractivity contribution in [3.05, 3.63) is 70.9 Å². The molecule has 0 bridgehead atoms. The first-order chi connectivity index (χ1) is 13.5.